The van der Waals surface area contributed by atoms with Crippen molar-refractivity contribution in [2.45, 2.75) is 46.3 Å². The molecule has 1 N–H and O–H groups in total. The van der Waals surface area contributed by atoms with Crippen LogP contribution in [0.3, 0.4) is 0 Å². The molecule has 6 nitrogen and oxygen atoms in total. The Balaban J connectivity index is 4.27. The summed E-state index contributed by atoms with van der Waals surface area (Å²) in [4.78, 5) is 19.4. The number of alkyl carbamates (subject to hydrolysis) is 1. The van der Waals surface area contributed by atoms with Crippen LogP contribution in [-0.2, 0) is 4.74 Å². The summed E-state index contributed by atoms with van der Waals surface area (Å²) in [5.41, 5.74) is -0.501. The number of halogens is 1. The molecule has 0 heterocycles. The molecule has 0 aromatic heterocycles. The van der Waals surface area contributed by atoms with Gasteiger partial charge in [-0.15, -0.1) is 0 Å². The summed E-state index contributed by atoms with van der Waals surface area (Å²) in [6.07, 6.45) is -0.437. The maximum absolute atomic E-state index is 11.5. The number of carbonyl (C=O) groups is 1. The number of nitrogens with one attached hydrogen (secondary N) is 1. The number of hydrogen-bond donors (Lipinski definition) is 1. The van der Waals surface area contributed by atoms with Crippen molar-refractivity contribution in [1.82, 2.24) is 15.1 Å². The van der Waals surface area contributed by atoms with Gasteiger partial charge >= 0.3 is 6.09 Å². The number of nitrogens with zero attached hydrogens (tertiary/aromatic N) is 3. The average molecular weight is 333 g/mol. The highest BCUT2D eigenvalue weighted by Gasteiger charge is 2.15. The summed E-state index contributed by atoms with van der Waals surface area (Å²) in [7, 11) is 3.70. The second-order valence-electron chi connectivity index (χ2n) is 6.35. The Hall–Kier alpha value is -1.43. The van der Waals surface area contributed by atoms with Crippen molar-refractivity contribution >= 4 is 23.0 Å². The molecule has 0 unspecified atom stereocenters. The van der Waals surface area contributed by atoms with Gasteiger partial charge in [-0.1, -0.05) is 6.58 Å². The highest BCUT2D eigenvalue weighted by molar-refractivity contribution is 6.64. The van der Waals surface area contributed by atoms with E-state index in [0.29, 0.717) is 24.2 Å². The zero-order valence-corrected chi connectivity index (χ0v) is 15.5. The van der Waals surface area contributed by atoms with Gasteiger partial charge in [0, 0.05) is 33.2 Å². The van der Waals surface area contributed by atoms with Gasteiger partial charge in [-0.3, -0.25) is 0 Å². The Bertz CT molecular complexity index is 416. The molecule has 128 valence electrons. The van der Waals surface area contributed by atoms with E-state index >= 15 is 0 Å². The van der Waals surface area contributed by atoms with Gasteiger partial charge in [-0.25, -0.2) is 9.79 Å². The molecular formula is C15H29ClN4O2. The largest absolute Gasteiger partial charge is 0.444 e. The minimum Gasteiger partial charge on any atom is -0.444 e. The van der Waals surface area contributed by atoms with Gasteiger partial charge in [0.05, 0.1) is 0 Å². The molecule has 0 aromatic rings. The number of amides is 1. The summed E-state index contributed by atoms with van der Waals surface area (Å²) in [5, 5.41) is 3.06. The quantitative estimate of drug-likeness (QED) is 0.461. The lowest BCUT2D eigenvalue weighted by atomic mass is 10.2. The first-order valence-corrected chi connectivity index (χ1v) is 7.65. The predicted molar refractivity (Wildman–Crippen MR) is 92.2 cm³/mol. The number of rotatable bonds is 6. The Morgan fingerprint density at radius 1 is 1.36 bits per heavy atom. The van der Waals surface area contributed by atoms with Crippen molar-refractivity contribution in [3.63, 3.8) is 0 Å². The fourth-order valence-electron chi connectivity index (χ4n) is 1.25. The molecule has 0 aliphatic heterocycles. The zero-order chi connectivity index (χ0) is 17.5. The SMILES string of the molecule is C=C(/N=C(/Cl)N(C)C(C)C)N(C)CCNC(=O)OC(C)(C)C. The van der Waals surface area contributed by atoms with E-state index in [1.54, 1.807) is 0 Å². The van der Waals surface area contributed by atoms with Crippen molar-refractivity contribution in [3.8, 4) is 0 Å². The van der Waals surface area contributed by atoms with Crippen molar-refractivity contribution in [1.29, 1.82) is 0 Å². The minimum absolute atomic E-state index is 0.253. The smallest absolute Gasteiger partial charge is 0.407 e. The second-order valence-corrected chi connectivity index (χ2v) is 6.69. The van der Waals surface area contributed by atoms with E-state index in [9.17, 15) is 4.79 Å². The minimum atomic E-state index is -0.501. The van der Waals surface area contributed by atoms with E-state index in [0.717, 1.165) is 0 Å². The van der Waals surface area contributed by atoms with Crippen LogP contribution in [0.5, 0.6) is 0 Å². The molecule has 7 heteroatoms. The van der Waals surface area contributed by atoms with E-state index in [1.807, 2.05) is 58.5 Å². The highest BCUT2D eigenvalue weighted by Crippen LogP contribution is 2.07. The van der Waals surface area contributed by atoms with Crippen LogP contribution in [0.25, 0.3) is 0 Å². The standard InChI is InChI=1S/C15H29ClN4O2/c1-11(2)20(8)13(16)18-12(3)19(7)10-9-17-14(21)22-15(4,5)6/h11H,3,9-10H2,1-2,4-8H3,(H,17,21)/b18-13-. The van der Waals surface area contributed by atoms with Crippen LogP contribution in [-0.4, -0.2) is 60.0 Å². The van der Waals surface area contributed by atoms with Crippen LogP contribution in [0.4, 0.5) is 4.79 Å². The molecule has 0 rings (SSSR count). The second kappa shape index (κ2) is 8.88. The molecule has 22 heavy (non-hydrogen) atoms. The highest BCUT2D eigenvalue weighted by atomic mass is 35.5. The molecule has 0 aliphatic rings. The Kier molecular flexibility index (Phi) is 8.30. The number of likely N-dealkylation sites (N-methyl/N-ethyl adjacent to an activating group) is 1. The van der Waals surface area contributed by atoms with Crippen LogP contribution in [0.2, 0.25) is 0 Å². The van der Waals surface area contributed by atoms with E-state index < -0.39 is 11.7 Å². The predicted octanol–water partition coefficient (Wildman–Crippen LogP) is 2.85. The fourth-order valence-corrected chi connectivity index (χ4v) is 1.55. The molecule has 0 atom stereocenters. The first-order valence-electron chi connectivity index (χ1n) is 7.28. The molecule has 0 radical (unpaired) electrons. The summed E-state index contributed by atoms with van der Waals surface area (Å²) in [6, 6.07) is 0.253. The van der Waals surface area contributed by atoms with Crippen molar-refractivity contribution in [2.75, 3.05) is 27.2 Å². The van der Waals surface area contributed by atoms with Crippen LogP contribution in [0, 0.1) is 0 Å². The van der Waals surface area contributed by atoms with Crippen LogP contribution < -0.4 is 5.32 Å². The van der Waals surface area contributed by atoms with Crippen molar-refractivity contribution in [2.24, 2.45) is 4.99 Å². The zero-order valence-electron chi connectivity index (χ0n) is 14.7. The summed E-state index contributed by atoms with van der Waals surface area (Å²) in [5.74, 6) is 0.531. The Morgan fingerprint density at radius 3 is 2.36 bits per heavy atom. The maximum atomic E-state index is 11.5. The lowest BCUT2D eigenvalue weighted by Crippen LogP contribution is -2.36. The van der Waals surface area contributed by atoms with Crippen molar-refractivity contribution in [3.05, 3.63) is 12.4 Å². The summed E-state index contributed by atoms with van der Waals surface area (Å²) >= 11 is 6.12. The number of aliphatic imine (C=N–C) groups is 1. The first-order chi connectivity index (χ1) is 9.94. The van der Waals surface area contributed by atoms with Gasteiger partial charge in [0.25, 0.3) is 0 Å². The van der Waals surface area contributed by atoms with E-state index in [1.165, 1.54) is 0 Å². The van der Waals surface area contributed by atoms with Crippen molar-refractivity contribution < 1.29 is 9.53 Å². The van der Waals surface area contributed by atoms with E-state index in [2.05, 4.69) is 16.9 Å². The number of ether oxygens (including phenoxy) is 1. The molecule has 0 fully saturated rings. The monoisotopic (exact) mass is 332 g/mol. The molecule has 0 aromatic carbocycles. The third-order valence-electron chi connectivity index (χ3n) is 2.84. The Labute approximate surface area is 139 Å². The molecular weight excluding hydrogens is 304 g/mol. The number of hydrogen-bond acceptors (Lipinski definition) is 4. The first kappa shape index (κ1) is 20.6. The molecule has 0 spiro atoms. The third kappa shape index (κ3) is 8.77. The normalized spacial score (nSPS) is 12.1. The fraction of sp³-hybridized carbons (Fsp3) is 0.733. The van der Waals surface area contributed by atoms with Gasteiger partial charge in [-0.05, 0) is 46.2 Å². The summed E-state index contributed by atoms with van der Waals surface area (Å²) in [6.45, 7) is 14.4. The van der Waals surface area contributed by atoms with Gasteiger partial charge in [0.2, 0.25) is 0 Å². The average Bonchev–Trinajstić information content (AvgIpc) is 2.34. The molecule has 0 saturated carbocycles. The van der Waals surface area contributed by atoms with Crippen LogP contribution in [0.1, 0.15) is 34.6 Å². The molecule has 0 aliphatic carbocycles. The summed E-state index contributed by atoms with van der Waals surface area (Å²) < 4.78 is 5.16. The van der Waals surface area contributed by atoms with E-state index in [-0.39, 0.29) is 6.04 Å². The van der Waals surface area contributed by atoms with Gasteiger partial charge in [0.1, 0.15) is 11.4 Å². The van der Waals surface area contributed by atoms with Gasteiger partial charge in [0.15, 0.2) is 5.29 Å². The van der Waals surface area contributed by atoms with Crippen LogP contribution >= 0.6 is 11.6 Å². The van der Waals surface area contributed by atoms with E-state index in [4.69, 9.17) is 16.3 Å². The lowest BCUT2D eigenvalue weighted by molar-refractivity contribution is 0.0525. The lowest BCUT2D eigenvalue weighted by Gasteiger charge is -2.24. The molecule has 0 bridgehead atoms. The maximum Gasteiger partial charge on any atom is 0.407 e. The van der Waals surface area contributed by atoms with Crippen LogP contribution in [0.15, 0.2) is 17.4 Å². The third-order valence-corrected chi connectivity index (χ3v) is 3.19. The van der Waals surface area contributed by atoms with Gasteiger partial charge < -0.3 is 19.9 Å². The van der Waals surface area contributed by atoms with Gasteiger partial charge in [-0.2, -0.15) is 0 Å². The Morgan fingerprint density at radius 2 is 1.91 bits per heavy atom. The number of amidine groups is 1. The topological polar surface area (TPSA) is 57.2 Å². The number of carbonyl (C=O) groups excluding carboxylic acids is 1. The molecule has 0 saturated heterocycles. The molecule has 1 amide bonds.